The maximum atomic E-state index is 12.4. The fraction of sp³-hybridized carbons (Fsp3) is 0.231. The van der Waals surface area contributed by atoms with E-state index in [0.29, 0.717) is 28.8 Å². The summed E-state index contributed by atoms with van der Waals surface area (Å²) in [5.74, 6) is 1.32. The van der Waals surface area contributed by atoms with Crippen LogP contribution in [0.2, 0.25) is 0 Å². The summed E-state index contributed by atoms with van der Waals surface area (Å²) in [4.78, 5) is 0.576. The number of sulfone groups is 1. The van der Waals surface area contributed by atoms with E-state index in [9.17, 15) is 8.42 Å². The van der Waals surface area contributed by atoms with Crippen LogP contribution in [-0.2, 0) is 9.84 Å². The van der Waals surface area contributed by atoms with Gasteiger partial charge in [-0.1, -0.05) is 25.1 Å². The molecule has 1 heterocycles. The molecular weight excluding hydrogens is 236 g/mol. The Labute approximate surface area is 100 Å². The average molecular weight is 248 g/mol. The maximum absolute atomic E-state index is 12.4. The largest absolute Gasteiger partial charge is 0.459 e. The first-order valence-electron chi connectivity index (χ1n) is 5.52. The van der Waals surface area contributed by atoms with Gasteiger partial charge in [-0.05, 0) is 24.1 Å². The number of benzene rings is 1. The van der Waals surface area contributed by atoms with Gasteiger partial charge < -0.3 is 4.74 Å². The molecule has 17 heavy (non-hydrogen) atoms. The number of hydrogen-bond acceptors (Lipinski definition) is 3. The maximum Gasteiger partial charge on any atom is 0.213 e. The highest BCUT2D eigenvalue weighted by atomic mass is 32.2. The predicted molar refractivity (Wildman–Crippen MR) is 64.2 cm³/mol. The van der Waals surface area contributed by atoms with Gasteiger partial charge in [0.15, 0.2) is 0 Å². The topological polar surface area (TPSA) is 43.4 Å². The van der Waals surface area contributed by atoms with Gasteiger partial charge >= 0.3 is 0 Å². The molecule has 0 saturated carbocycles. The molecule has 0 bridgehead atoms. The van der Waals surface area contributed by atoms with Crippen LogP contribution in [0.3, 0.4) is 0 Å². The zero-order chi connectivity index (χ0) is 12.0. The van der Waals surface area contributed by atoms with Crippen molar-refractivity contribution < 1.29 is 13.2 Å². The van der Waals surface area contributed by atoms with Crippen LogP contribution in [0.5, 0.6) is 5.75 Å². The average Bonchev–Trinajstić information content (AvgIpc) is 2.28. The zero-order valence-electron chi connectivity index (χ0n) is 9.38. The molecule has 88 valence electrons. The van der Waals surface area contributed by atoms with Crippen LogP contribution in [0, 0.1) is 5.92 Å². The Kier molecular flexibility index (Phi) is 2.16. The molecule has 4 heteroatoms. The molecule has 0 unspecified atom stereocenters. The Hall–Kier alpha value is -1.55. The van der Waals surface area contributed by atoms with E-state index in [-0.39, 0.29) is 4.90 Å². The highest BCUT2D eigenvalue weighted by Crippen LogP contribution is 2.40. The minimum atomic E-state index is -3.40. The summed E-state index contributed by atoms with van der Waals surface area (Å²) in [5, 5.41) is 0. The molecule has 3 nitrogen and oxygen atoms in total. The molecule has 0 fully saturated rings. The first-order valence-corrected chi connectivity index (χ1v) is 7.00. The Bertz CT molecular complexity index is 638. The minimum absolute atomic E-state index is 0.262. The van der Waals surface area contributed by atoms with Crippen molar-refractivity contribution >= 4 is 9.84 Å². The molecule has 0 spiro atoms. The zero-order valence-corrected chi connectivity index (χ0v) is 10.2. The molecule has 0 aromatic heterocycles. The van der Waals surface area contributed by atoms with E-state index < -0.39 is 9.84 Å². The van der Waals surface area contributed by atoms with Crippen LogP contribution in [-0.4, -0.2) is 8.42 Å². The van der Waals surface area contributed by atoms with Gasteiger partial charge in [0.1, 0.15) is 21.3 Å². The summed E-state index contributed by atoms with van der Waals surface area (Å²) < 4.78 is 30.4. The molecule has 0 amide bonds. The predicted octanol–water partition coefficient (Wildman–Crippen LogP) is 2.66. The number of para-hydroxylation sites is 1. The van der Waals surface area contributed by atoms with E-state index in [4.69, 9.17) is 4.74 Å². The molecule has 0 radical (unpaired) electrons. The van der Waals surface area contributed by atoms with Crippen LogP contribution < -0.4 is 4.74 Å². The van der Waals surface area contributed by atoms with Crippen LogP contribution in [0.25, 0.3) is 0 Å². The molecular formula is C13H12O3S. The van der Waals surface area contributed by atoms with Crippen molar-refractivity contribution in [2.75, 3.05) is 0 Å². The standard InChI is InChI=1S/C13H12O3S/c1-9-6-7-13-11(8-9)16-10-4-2-3-5-12(10)17(13,14)15/h2-7,9H,8H2,1H3/t9-/m0/s1. The molecule has 1 aliphatic heterocycles. The van der Waals surface area contributed by atoms with Gasteiger partial charge in [0.2, 0.25) is 9.84 Å². The summed E-state index contributed by atoms with van der Waals surface area (Å²) in [6.07, 6.45) is 4.21. The summed E-state index contributed by atoms with van der Waals surface area (Å²) >= 11 is 0. The van der Waals surface area contributed by atoms with Crippen molar-refractivity contribution in [1.82, 2.24) is 0 Å². The number of allylic oxidation sites excluding steroid dienone is 3. The van der Waals surface area contributed by atoms with Gasteiger partial charge in [0.25, 0.3) is 0 Å². The quantitative estimate of drug-likeness (QED) is 0.709. The fourth-order valence-electron chi connectivity index (χ4n) is 2.14. The number of fused-ring (bicyclic) bond motifs is 1. The minimum Gasteiger partial charge on any atom is -0.459 e. The first-order chi connectivity index (χ1) is 8.09. The summed E-state index contributed by atoms with van der Waals surface area (Å²) in [6, 6.07) is 6.77. The van der Waals surface area contributed by atoms with Gasteiger partial charge in [0.05, 0.1) is 0 Å². The SMILES string of the molecule is C[C@H]1C=CC2=C(C1)Oc1ccccc1S2(=O)=O. The molecule has 1 aliphatic carbocycles. The molecule has 1 aromatic rings. The third-order valence-corrected chi connectivity index (χ3v) is 4.88. The Morgan fingerprint density at radius 3 is 2.88 bits per heavy atom. The number of ether oxygens (including phenoxy) is 1. The summed E-state index contributed by atoms with van der Waals surface area (Å²) in [7, 11) is -3.40. The van der Waals surface area contributed by atoms with E-state index in [1.807, 2.05) is 13.0 Å². The van der Waals surface area contributed by atoms with E-state index in [1.165, 1.54) is 0 Å². The Balaban J connectivity index is 2.23. The van der Waals surface area contributed by atoms with Gasteiger partial charge in [-0.2, -0.15) is 0 Å². The van der Waals surface area contributed by atoms with Gasteiger partial charge in [0, 0.05) is 6.42 Å². The van der Waals surface area contributed by atoms with Crippen molar-refractivity contribution in [2.24, 2.45) is 5.92 Å². The van der Waals surface area contributed by atoms with Crippen LogP contribution >= 0.6 is 0 Å². The smallest absolute Gasteiger partial charge is 0.213 e. The number of rotatable bonds is 0. The van der Waals surface area contributed by atoms with Gasteiger partial charge in [-0.15, -0.1) is 0 Å². The fourth-order valence-corrected chi connectivity index (χ4v) is 3.70. The second-order valence-corrected chi connectivity index (χ2v) is 6.27. The lowest BCUT2D eigenvalue weighted by Crippen LogP contribution is -2.19. The van der Waals surface area contributed by atoms with Crippen molar-refractivity contribution in [2.45, 2.75) is 18.2 Å². The molecule has 1 aromatic carbocycles. The van der Waals surface area contributed by atoms with Crippen molar-refractivity contribution in [3.05, 3.63) is 47.1 Å². The Morgan fingerprint density at radius 1 is 1.29 bits per heavy atom. The second-order valence-electron chi connectivity index (χ2n) is 4.38. The van der Waals surface area contributed by atoms with Crippen molar-refractivity contribution in [3.63, 3.8) is 0 Å². The van der Waals surface area contributed by atoms with Crippen LogP contribution in [0.15, 0.2) is 52.0 Å². The number of hydrogen-bond donors (Lipinski definition) is 0. The van der Waals surface area contributed by atoms with E-state index in [0.717, 1.165) is 0 Å². The third-order valence-electron chi connectivity index (χ3n) is 3.02. The van der Waals surface area contributed by atoms with E-state index >= 15 is 0 Å². The monoisotopic (exact) mass is 248 g/mol. The molecule has 0 N–H and O–H groups in total. The normalized spacial score (nSPS) is 24.9. The molecule has 3 rings (SSSR count). The lowest BCUT2D eigenvalue weighted by atomic mass is 10.0. The second kappa shape index (κ2) is 3.47. The summed E-state index contributed by atoms with van der Waals surface area (Å²) in [5.41, 5.74) is 0. The molecule has 0 saturated heterocycles. The molecule has 2 aliphatic rings. The lowest BCUT2D eigenvalue weighted by Gasteiger charge is -2.25. The first kappa shape index (κ1) is 10.6. The highest BCUT2D eigenvalue weighted by Gasteiger charge is 2.33. The van der Waals surface area contributed by atoms with Crippen molar-refractivity contribution in [1.29, 1.82) is 0 Å². The third kappa shape index (κ3) is 1.52. The van der Waals surface area contributed by atoms with Crippen molar-refractivity contribution in [3.8, 4) is 5.75 Å². The highest BCUT2D eigenvalue weighted by molar-refractivity contribution is 7.95. The summed E-state index contributed by atoms with van der Waals surface area (Å²) in [6.45, 7) is 2.04. The van der Waals surface area contributed by atoms with E-state index in [1.54, 1.807) is 30.3 Å². The van der Waals surface area contributed by atoms with Crippen LogP contribution in [0.4, 0.5) is 0 Å². The van der Waals surface area contributed by atoms with E-state index in [2.05, 4.69) is 0 Å². The molecule has 1 atom stereocenters. The lowest BCUT2D eigenvalue weighted by molar-refractivity contribution is 0.368. The van der Waals surface area contributed by atoms with Gasteiger partial charge in [-0.3, -0.25) is 0 Å². The Morgan fingerprint density at radius 2 is 2.06 bits per heavy atom. The van der Waals surface area contributed by atoms with Crippen LogP contribution in [0.1, 0.15) is 13.3 Å². The van der Waals surface area contributed by atoms with Gasteiger partial charge in [-0.25, -0.2) is 8.42 Å².